The third kappa shape index (κ3) is 6.57. The molecule has 0 aliphatic rings. The first-order valence-corrected chi connectivity index (χ1v) is 12.0. The minimum atomic E-state index is -1.84. The molecule has 2 atom stereocenters. The molecule has 0 bridgehead atoms. The number of hydrogen-bond donors (Lipinski definition) is 0. The van der Waals surface area contributed by atoms with E-state index in [0.29, 0.717) is 6.61 Å². The van der Waals surface area contributed by atoms with E-state index in [-0.39, 0.29) is 6.10 Å². The molecule has 1 aromatic rings. The van der Waals surface area contributed by atoms with Gasteiger partial charge in [0.15, 0.2) is 8.32 Å². The lowest BCUT2D eigenvalue weighted by Crippen LogP contribution is -2.45. The summed E-state index contributed by atoms with van der Waals surface area (Å²) in [4.78, 5) is 11.7. The van der Waals surface area contributed by atoms with Gasteiger partial charge in [-0.2, -0.15) is 0 Å². The van der Waals surface area contributed by atoms with E-state index >= 15 is 0 Å². The van der Waals surface area contributed by atoms with Crippen LogP contribution in [0, 0.1) is 0 Å². The Morgan fingerprint density at radius 3 is 2.08 bits per heavy atom. The molecule has 0 amide bonds. The Balaban J connectivity index is 2.78. The highest BCUT2D eigenvalue weighted by atomic mass is 28.4. The fourth-order valence-electron chi connectivity index (χ4n) is 3.03. The van der Waals surface area contributed by atoms with E-state index in [4.69, 9.17) is 13.9 Å². The number of carbonyl (C=O) groups excluding carboxylic acids is 1. The summed E-state index contributed by atoms with van der Waals surface area (Å²) in [6, 6.07) is 10.9. The van der Waals surface area contributed by atoms with Gasteiger partial charge in [-0.05, 0) is 42.2 Å². The largest absolute Gasteiger partial charge is 0.497 e. The summed E-state index contributed by atoms with van der Waals surface area (Å²) in [6.07, 6.45) is 2.06. The molecule has 0 N–H and O–H groups in total. The van der Waals surface area contributed by atoms with Gasteiger partial charge in [0.25, 0.3) is 0 Å². The Morgan fingerprint density at radius 1 is 1.04 bits per heavy atom. The highest BCUT2D eigenvalue weighted by molar-refractivity contribution is 6.73. The molecule has 0 aromatic heterocycles. The molecule has 0 saturated carbocycles. The average Bonchev–Trinajstić information content (AvgIpc) is 2.67. The van der Waals surface area contributed by atoms with E-state index in [1.54, 1.807) is 7.11 Å². The van der Waals surface area contributed by atoms with Gasteiger partial charge in [0.1, 0.15) is 18.1 Å². The average molecular weight is 367 g/mol. The van der Waals surface area contributed by atoms with Crippen LogP contribution in [0.1, 0.15) is 46.1 Å². The van der Waals surface area contributed by atoms with Gasteiger partial charge in [0.2, 0.25) is 0 Å². The highest BCUT2D eigenvalue weighted by Gasteiger charge is 2.35. The number of benzene rings is 1. The predicted octanol–water partition coefficient (Wildman–Crippen LogP) is 4.97. The summed E-state index contributed by atoms with van der Waals surface area (Å²) in [6.45, 7) is 9.10. The lowest BCUT2D eigenvalue weighted by Gasteiger charge is -2.34. The zero-order valence-electron chi connectivity index (χ0n) is 16.4. The third-order valence-corrected chi connectivity index (χ3v) is 9.65. The number of rotatable bonds is 13. The zero-order chi connectivity index (χ0) is 18.7. The van der Waals surface area contributed by atoms with Crippen LogP contribution in [0.15, 0.2) is 24.3 Å². The van der Waals surface area contributed by atoms with Crippen molar-refractivity contribution in [1.29, 1.82) is 0 Å². The Bertz CT molecular complexity index is 477. The Morgan fingerprint density at radius 2 is 1.64 bits per heavy atom. The molecule has 5 heteroatoms. The van der Waals surface area contributed by atoms with E-state index in [0.717, 1.165) is 48.6 Å². The molecular formula is C20H34O4Si. The van der Waals surface area contributed by atoms with Crippen molar-refractivity contribution in [2.75, 3.05) is 7.11 Å². The van der Waals surface area contributed by atoms with Crippen molar-refractivity contribution < 1.29 is 18.7 Å². The van der Waals surface area contributed by atoms with Gasteiger partial charge in [-0.15, -0.1) is 0 Å². The molecule has 4 nitrogen and oxygen atoms in total. The monoisotopic (exact) mass is 366 g/mol. The van der Waals surface area contributed by atoms with Crippen molar-refractivity contribution in [2.45, 2.75) is 77.5 Å². The molecule has 0 aliphatic carbocycles. The zero-order valence-corrected chi connectivity index (χ0v) is 17.4. The van der Waals surface area contributed by atoms with Gasteiger partial charge in [0, 0.05) is 0 Å². The maximum atomic E-state index is 11.7. The first-order valence-electron chi connectivity index (χ1n) is 9.45. The molecule has 1 rings (SSSR count). The minimum absolute atomic E-state index is 0.193. The van der Waals surface area contributed by atoms with Gasteiger partial charge in [-0.25, -0.2) is 0 Å². The number of carbonyl (C=O) groups is 1. The summed E-state index contributed by atoms with van der Waals surface area (Å²) in [7, 11) is -0.189. The van der Waals surface area contributed by atoms with Gasteiger partial charge in [0.05, 0.1) is 19.8 Å². The number of aldehydes is 1. The smallest absolute Gasteiger partial charge is 0.193 e. The van der Waals surface area contributed by atoms with E-state index in [2.05, 4.69) is 27.7 Å². The van der Waals surface area contributed by atoms with Crippen LogP contribution in [-0.2, 0) is 20.6 Å². The SMILES string of the molecule is CCC[C@@H](OCc1ccc(OC)cc1)[C@H](C=O)O[Si](CC)(CC)CC. The second-order valence-electron chi connectivity index (χ2n) is 6.45. The lowest BCUT2D eigenvalue weighted by atomic mass is 10.1. The van der Waals surface area contributed by atoms with E-state index in [9.17, 15) is 4.79 Å². The Hall–Kier alpha value is -1.17. The van der Waals surface area contributed by atoms with Crippen molar-refractivity contribution in [3.05, 3.63) is 29.8 Å². The number of methoxy groups -OCH3 is 1. The van der Waals surface area contributed by atoms with E-state index in [1.165, 1.54) is 0 Å². The second kappa shape index (κ2) is 11.4. The summed E-state index contributed by atoms with van der Waals surface area (Å²) in [5, 5.41) is 0. The summed E-state index contributed by atoms with van der Waals surface area (Å²) in [5.74, 6) is 0.826. The van der Waals surface area contributed by atoms with Gasteiger partial charge in [-0.1, -0.05) is 46.2 Å². The van der Waals surface area contributed by atoms with Crippen LogP contribution in [0.25, 0.3) is 0 Å². The minimum Gasteiger partial charge on any atom is -0.497 e. The molecule has 0 unspecified atom stereocenters. The first kappa shape index (κ1) is 21.9. The van der Waals surface area contributed by atoms with Crippen LogP contribution in [0.4, 0.5) is 0 Å². The van der Waals surface area contributed by atoms with Gasteiger partial charge in [-0.3, -0.25) is 0 Å². The van der Waals surface area contributed by atoms with Crippen molar-refractivity contribution in [2.24, 2.45) is 0 Å². The molecule has 0 spiro atoms. The third-order valence-electron chi connectivity index (χ3n) is 5.02. The van der Waals surface area contributed by atoms with Crippen LogP contribution in [-0.4, -0.2) is 33.9 Å². The fraction of sp³-hybridized carbons (Fsp3) is 0.650. The molecule has 25 heavy (non-hydrogen) atoms. The van der Waals surface area contributed by atoms with Crippen LogP contribution in [0.2, 0.25) is 18.1 Å². The van der Waals surface area contributed by atoms with Crippen LogP contribution >= 0.6 is 0 Å². The molecule has 1 aromatic carbocycles. The lowest BCUT2D eigenvalue weighted by molar-refractivity contribution is -0.123. The number of hydrogen-bond acceptors (Lipinski definition) is 4. The normalized spacial score (nSPS) is 14.1. The molecule has 0 aliphatic heterocycles. The maximum absolute atomic E-state index is 11.7. The Labute approximate surface area is 154 Å². The van der Waals surface area contributed by atoms with E-state index in [1.807, 2.05) is 24.3 Å². The molecule has 0 heterocycles. The standard InChI is InChI=1S/C20H34O4Si/c1-6-10-19(20(15-21)24-25(7-2,8-3)9-4)23-16-17-11-13-18(22-5)14-12-17/h11-15,19-20H,6-10,16H2,1-5H3/t19-,20+/m1/s1. The van der Waals surface area contributed by atoms with Crippen molar-refractivity contribution in [1.82, 2.24) is 0 Å². The molecule has 0 fully saturated rings. The number of ether oxygens (including phenoxy) is 2. The second-order valence-corrected chi connectivity index (χ2v) is 11.2. The van der Waals surface area contributed by atoms with Crippen molar-refractivity contribution >= 4 is 14.6 Å². The van der Waals surface area contributed by atoms with Crippen molar-refractivity contribution in [3.8, 4) is 5.75 Å². The summed E-state index contributed by atoms with van der Waals surface area (Å²) in [5.41, 5.74) is 1.07. The van der Waals surface area contributed by atoms with Gasteiger partial charge >= 0.3 is 0 Å². The summed E-state index contributed by atoms with van der Waals surface area (Å²) < 4.78 is 17.7. The molecule has 142 valence electrons. The van der Waals surface area contributed by atoms with Crippen molar-refractivity contribution in [3.63, 3.8) is 0 Å². The predicted molar refractivity (Wildman–Crippen MR) is 105 cm³/mol. The summed E-state index contributed by atoms with van der Waals surface area (Å²) >= 11 is 0. The Kier molecular flexibility index (Phi) is 10.0. The van der Waals surface area contributed by atoms with Gasteiger partial charge < -0.3 is 18.7 Å². The fourth-order valence-corrected chi connectivity index (χ4v) is 5.82. The van der Waals surface area contributed by atoms with E-state index < -0.39 is 14.4 Å². The van der Waals surface area contributed by atoms with Crippen LogP contribution in [0.5, 0.6) is 5.75 Å². The molecular weight excluding hydrogens is 332 g/mol. The highest BCUT2D eigenvalue weighted by Crippen LogP contribution is 2.26. The molecule has 0 radical (unpaired) electrons. The quantitative estimate of drug-likeness (QED) is 0.365. The van der Waals surface area contributed by atoms with Crippen LogP contribution < -0.4 is 4.74 Å². The maximum Gasteiger partial charge on any atom is 0.193 e. The van der Waals surface area contributed by atoms with Crippen LogP contribution in [0.3, 0.4) is 0 Å². The first-order chi connectivity index (χ1) is 12.1. The molecule has 0 saturated heterocycles. The topological polar surface area (TPSA) is 44.8 Å².